The largest absolute Gasteiger partial charge is 0.373 e. The number of nitrogens with zero attached hydrogens (tertiary/aromatic N) is 2. The first-order chi connectivity index (χ1) is 8.22. The summed E-state index contributed by atoms with van der Waals surface area (Å²) in [6, 6.07) is 4.65. The molecule has 3 heterocycles. The highest BCUT2D eigenvalue weighted by molar-refractivity contribution is 5.23. The van der Waals surface area contributed by atoms with Crippen LogP contribution in [0.5, 0.6) is 0 Å². The third kappa shape index (κ3) is 1.73. The van der Waals surface area contributed by atoms with Crippen LogP contribution in [0.25, 0.3) is 0 Å². The smallest absolute Gasteiger partial charge is 0.0900 e. The predicted octanol–water partition coefficient (Wildman–Crippen LogP) is 2.39. The number of ether oxygens (including phenoxy) is 1. The van der Waals surface area contributed by atoms with Crippen LogP contribution in [0.4, 0.5) is 0 Å². The summed E-state index contributed by atoms with van der Waals surface area (Å²) >= 11 is 0. The van der Waals surface area contributed by atoms with Crippen molar-refractivity contribution in [3.63, 3.8) is 0 Å². The zero-order valence-electron chi connectivity index (χ0n) is 10.0. The van der Waals surface area contributed by atoms with Gasteiger partial charge < -0.3 is 4.74 Å². The first-order valence-corrected chi connectivity index (χ1v) is 6.19. The maximum Gasteiger partial charge on any atom is 0.0900 e. The second-order valence-electron chi connectivity index (χ2n) is 5.34. The third-order valence-corrected chi connectivity index (χ3v) is 3.99. The van der Waals surface area contributed by atoms with Crippen LogP contribution < -0.4 is 0 Å². The molecule has 3 unspecified atom stereocenters. The number of nitriles is 1. The Morgan fingerprint density at radius 2 is 2.41 bits per heavy atom. The van der Waals surface area contributed by atoms with Crippen LogP contribution in [-0.4, -0.2) is 17.2 Å². The predicted molar refractivity (Wildman–Crippen MR) is 63.2 cm³/mol. The fraction of sp³-hybridized carbons (Fsp3) is 0.571. The minimum atomic E-state index is -0.307. The molecule has 2 bridgehead atoms. The molecule has 1 aromatic heterocycles. The van der Waals surface area contributed by atoms with E-state index in [1.54, 1.807) is 0 Å². The quantitative estimate of drug-likeness (QED) is 0.780. The monoisotopic (exact) mass is 228 g/mol. The standard InChI is InChI=1S/C14H16N2O/c1-10-4-11(8-16-7-10)5-14(9-15)6-12-2-3-13(14)17-12/h4,7-8,12-13H,2-3,5-6H2,1H3. The average Bonchev–Trinajstić information content (AvgIpc) is 2.89. The highest BCUT2D eigenvalue weighted by Crippen LogP contribution is 2.49. The van der Waals surface area contributed by atoms with Gasteiger partial charge in [0.2, 0.25) is 0 Å². The lowest BCUT2D eigenvalue weighted by molar-refractivity contribution is 0.0787. The second-order valence-corrected chi connectivity index (χ2v) is 5.34. The summed E-state index contributed by atoms with van der Waals surface area (Å²) in [6.45, 7) is 2.03. The van der Waals surface area contributed by atoms with Crippen LogP contribution in [0.3, 0.4) is 0 Å². The minimum absolute atomic E-state index is 0.137. The molecule has 88 valence electrons. The molecule has 0 aliphatic carbocycles. The van der Waals surface area contributed by atoms with E-state index in [9.17, 15) is 5.26 Å². The Morgan fingerprint density at radius 3 is 3.00 bits per heavy atom. The molecule has 0 radical (unpaired) electrons. The molecule has 2 fully saturated rings. The molecule has 0 spiro atoms. The van der Waals surface area contributed by atoms with Gasteiger partial charge in [-0.15, -0.1) is 0 Å². The van der Waals surface area contributed by atoms with E-state index in [0.717, 1.165) is 36.8 Å². The van der Waals surface area contributed by atoms with E-state index >= 15 is 0 Å². The lowest BCUT2D eigenvalue weighted by Gasteiger charge is -2.28. The van der Waals surface area contributed by atoms with Gasteiger partial charge in [-0.2, -0.15) is 5.26 Å². The van der Waals surface area contributed by atoms with Crippen molar-refractivity contribution in [3.8, 4) is 6.07 Å². The number of fused-ring (bicyclic) bond motifs is 2. The lowest BCUT2D eigenvalue weighted by Crippen LogP contribution is -2.33. The molecule has 3 heteroatoms. The molecule has 0 aromatic carbocycles. The summed E-state index contributed by atoms with van der Waals surface area (Å²) in [5.74, 6) is 0. The number of rotatable bonds is 2. The number of aryl methyl sites for hydroxylation is 1. The molecule has 0 N–H and O–H groups in total. The molecule has 2 saturated heterocycles. The van der Waals surface area contributed by atoms with Crippen molar-refractivity contribution < 1.29 is 4.74 Å². The molecule has 1 aromatic rings. The second kappa shape index (κ2) is 3.82. The topological polar surface area (TPSA) is 45.9 Å². The van der Waals surface area contributed by atoms with E-state index in [-0.39, 0.29) is 11.5 Å². The van der Waals surface area contributed by atoms with Gasteiger partial charge in [-0.1, -0.05) is 6.07 Å². The Kier molecular flexibility index (Phi) is 2.41. The van der Waals surface area contributed by atoms with Crippen molar-refractivity contribution in [2.24, 2.45) is 5.41 Å². The van der Waals surface area contributed by atoms with Gasteiger partial charge in [0.05, 0.1) is 23.7 Å². The van der Waals surface area contributed by atoms with Crippen molar-refractivity contribution in [1.82, 2.24) is 4.98 Å². The van der Waals surface area contributed by atoms with Crippen molar-refractivity contribution in [1.29, 1.82) is 5.26 Å². The molecule has 2 aliphatic heterocycles. The van der Waals surface area contributed by atoms with Gasteiger partial charge in [-0.05, 0) is 43.7 Å². The van der Waals surface area contributed by atoms with Gasteiger partial charge in [0, 0.05) is 12.4 Å². The van der Waals surface area contributed by atoms with E-state index in [4.69, 9.17) is 4.74 Å². The molecular weight excluding hydrogens is 212 g/mol. The summed E-state index contributed by atoms with van der Waals surface area (Å²) in [5, 5.41) is 9.52. The van der Waals surface area contributed by atoms with Crippen LogP contribution in [0.15, 0.2) is 18.5 Å². The van der Waals surface area contributed by atoms with Crippen LogP contribution in [0, 0.1) is 23.7 Å². The molecule has 3 rings (SSSR count). The molecular formula is C14H16N2O. The summed E-state index contributed by atoms with van der Waals surface area (Å²) < 4.78 is 5.84. The maximum atomic E-state index is 9.52. The number of aromatic nitrogens is 1. The SMILES string of the molecule is Cc1cncc(CC2(C#N)CC3CCC2O3)c1. The molecule has 0 amide bonds. The summed E-state index contributed by atoms with van der Waals surface area (Å²) in [4.78, 5) is 4.20. The minimum Gasteiger partial charge on any atom is -0.373 e. The van der Waals surface area contributed by atoms with Crippen molar-refractivity contribution in [2.45, 2.75) is 44.8 Å². The third-order valence-electron chi connectivity index (χ3n) is 3.99. The lowest BCUT2D eigenvalue weighted by atomic mass is 9.71. The first-order valence-electron chi connectivity index (χ1n) is 6.19. The normalized spacial score (nSPS) is 34.8. The Bertz CT molecular complexity index is 479. The zero-order valence-corrected chi connectivity index (χ0v) is 10.0. The highest BCUT2D eigenvalue weighted by atomic mass is 16.5. The Hall–Kier alpha value is -1.40. The zero-order chi connectivity index (χ0) is 11.9. The maximum absolute atomic E-state index is 9.52. The van der Waals surface area contributed by atoms with Crippen LogP contribution >= 0.6 is 0 Å². The van der Waals surface area contributed by atoms with Gasteiger partial charge in [0.25, 0.3) is 0 Å². The van der Waals surface area contributed by atoms with Gasteiger partial charge in [0.15, 0.2) is 0 Å². The summed E-state index contributed by atoms with van der Waals surface area (Å²) in [6.07, 6.45) is 8.01. The summed E-state index contributed by atoms with van der Waals surface area (Å²) in [7, 11) is 0. The summed E-state index contributed by atoms with van der Waals surface area (Å²) in [5.41, 5.74) is 2.00. The molecule has 3 atom stereocenters. The average molecular weight is 228 g/mol. The number of hydrogen-bond acceptors (Lipinski definition) is 3. The Labute approximate surface area is 101 Å². The van der Waals surface area contributed by atoms with E-state index in [2.05, 4.69) is 17.1 Å². The van der Waals surface area contributed by atoms with Crippen LogP contribution in [0.1, 0.15) is 30.4 Å². The van der Waals surface area contributed by atoms with E-state index in [1.807, 2.05) is 19.3 Å². The molecule has 17 heavy (non-hydrogen) atoms. The van der Waals surface area contributed by atoms with E-state index in [0.29, 0.717) is 6.10 Å². The van der Waals surface area contributed by atoms with E-state index in [1.165, 1.54) is 0 Å². The van der Waals surface area contributed by atoms with Crippen molar-refractivity contribution >= 4 is 0 Å². The fourth-order valence-corrected chi connectivity index (χ4v) is 3.22. The molecule has 0 saturated carbocycles. The Balaban J connectivity index is 1.86. The van der Waals surface area contributed by atoms with Crippen molar-refractivity contribution in [2.75, 3.05) is 0 Å². The fourth-order valence-electron chi connectivity index (χ4n) is 3.22. The molecule has 2 aliphatic rings. The van der Waals surface area contributed by atoms with E-state index < -0.39 is 0 Å². The van der Waals surface area contributed by atoms with Gasteiger partial charge in [-0.3, -0.25) is 4.98 Å². The van der Waals surface area contributed by atoms with Gasteiger partial charge in [0.1, 0.15) is 0 Å². The van der Waals surface area contributed by atoms with Crippen LogP contribution in [-0.2, 0) is 11.2 Å². The number of pyridine rings is 1. The highest BCUT2D eigenvalue weighted by Gasteiger charge is 2.52. The molecule has 3 nitrogen and oxygen atoms in total. The Morgan fingerprint density at radius 1 is 1.53 bits per heavy atom. The van der Waals surface area contributed by atoms with Crippen LogP contribution in [0.2, 0.25) is 0 Å². The first kappa shape index (κ1) is 10.7. The van der Waals surface area contributed by atoms with Gasteiger partial charge in [-0.25, -0.2) is 0 Å². The van der Waals surface area contributed by atoms with Gasteiger partial charge >= 0.3 is 0 Å². The van der Waals surface area contributed by atoms with Crippen molar-refractivity contribution in [3.05, 3.63) is 29.6 Å². The number of hydrogen-bond donors (Lipinski definition) is 0.